The second kappa shape index (κ2) is 2.82. The van der Waals surface area contributed by atoms with Crippen molar-refractivity contribution >= 4 is 0 Å². The fraction of sp³-hybridized carbons (Fsp3) is 0.625. The first-order valence-electron chi connectivity index (χ1n) is 4.25. The van der Waals surface area contributed by atoms with Gasteiger partial charge in [-0.15, -0.1) is 5.10 Å². The van der Waals surface area contributed by atoms with Crippen LogP contribution < -0.4 is 0 Å². The topological polar surface area (TPSA) is 57.7 Å². The Morgan fingerprint density at radius 2 is 2.38 bits per heavy atom. The van der Waals surface area contributed by atoms with Crippen molar-refractivity contribution in [1.29, 1.82) is 5.26 Å². The maximum absolute atomic E-state index is 8.75. The predicted molar refractivity (Wildman–Crippen MR) is 45.7 cm³/mol. The summed E-state index contributed by atoms with van der Waals surface area (Å²) in [4.78, 5) is 2.19. The van der Waals surface area contributed by atoms with Crippen LogP contribution in [0.1, 0.15) is 18.3 Å². The largest absolute Gasteiger partial charge is 0.296 e. The minimum absolute atomic E-state index is 0.457. The summed E-state index contributed by atoms with van der Waals surface area (Å²) in [7, 11) is 2.04. The van der Waals surface area contributed by atoms with Gasteiger partial charge in [0, 0.05) is 12.6 Å². The molecule has 2 rings (SSSR count). The zero-order valence-electron chi connectivity index (χ0n) is 7.73. The van der Waals surface area contributed by atoms with E-state index >= 15 is 0 Å². The number of nitrogens with zero attached hydrogens (tertiary/aromatic N) is 5. The molecule has 13 heavy (non-hydrogen) atoms. The Morgan fingerprint density at radius 1 is 1.62 bits per heavy atom. The highest BCUT2D eigenvalue weighted by molar-refractivity contribution is 5.25. The van der Waals surface area contributed by atoms with Gasteiger partial charge in [0.1, 0.15) is 6.07 Å². The van der Waals surface area contributed by atoms with Gasteiger partial charge in [-0.2, -0.15) is 5.26 Å². The third kappa shape index (κ3) is 1.19. The van der Waals surface area contributed by atoms with Gasteiger partial charge in [-0.05, 0) is 14.0 Å². The number of aromatic nitrogens is 3. The van der Waals surface area contributed by atoms with Gasteiger partial charge in [0.15, 0.2) is 5.69 Å². The van der Waals surface area contributed by atoms with Gasteiger partial charge < -0.3 is 0 Å². The molecule has 5 nitrogen and oxygen atoms in total. The molecule has 0 bridgehead atoms. The summed E-state index contributed by atoms with van der Waals surface area (Å²) >= 11 is 0. The van der Waals surface area contributed by atoms with E-state index in [1.807, 2.05) is 17.8 Å². The van der Waals surface area contributed by atoms with Crippen molar-refractivity contribution in [2.45, 2.75) is 26.1 Å². The molecule has 1 aromatic heterocycles. The van der Waals surface area contributed by atoms with E-state index in [2.05, 4.69) is 22.1 Å². The highest BCUT2D eigenvalue weighted by atomic mass is 15.5. The van der Waals surface area contributed by atoms with Crippen LogP contribution in [-0.2, 0) is 13.1 Å². The van der Waals surface area contributed by atoms with Crippen molar-refractivity contribution in [2.24, 2.45) is 0 Å². The lowest BCUT2D eigenvalue weighted by atomic mass is 10.2. The normalized spacial score (nSPS) is 22.4. The van der Waals surface area contributed by atoms with Gasteiger partial charge in [0.05, 0.1) is 12.2 Å². The lowest BCUT2D eigenvalue weighted by molar-refractivity contribution is 0.182. The number of hydrogen-bond donors (Lipinski definition) is 0. The van der Waals surface area contributed by atoms with Gasteiger partial charge >= 0.3 is 0 Å². The maximum atomic E-state index is 8.75. The molecule has 0 spiro atoms. The van der Waals surface area contributed by atoms with Crippen LogP contribution in [0.3, 0.4) is 0 Å². The van der Waals surface area contributed by atoms with Crippen LogP contribution in [-0.4, -0.2) is 33.0 Å². The number of fused-ring (bicyclic) bond motifs is 1. The SMILES string of the molecule is CC1Cn2nnc(C#N)c2CN1C. The summed E-state index contributed by atoms with van der Waals surface area (Å²) in [6, 6.07) is 2.51. The standard InChI is InChI=1S/C8H11N5/c1-6-4-13-8(5-12(6)2)7(3-9)10-11-13/h6H,4-5H2,1-2H3. The molecule has 5 heteroatoms. The predicted octanol–water partition coefficient (Wildman–Crippen LogP) is -0.0163. The fourth-order valence-electron chi connectivity index (χ4n) is 1.50. The monoisotopic (exact) mass is 177 g/mol. The molecule has 1 aromatic rings. The van der Waals surface area contributed by atoms with E-state index in [4.69, 9.17) is 5.26 Å². The average molecular weight is 177 g/mol. The third-order valence-electron chi connectivity index (χ3n) is 2.53. The summed E-state index contributed by atoms with van der Waals surface area (Å²) in [6.45, 7) is 3.72. The summed E-state index contributed by atoms with van der Waals surface area (Å²) in [5.74, 6) is 0. The molecular formula is C8H11N5. The van der Waals surface area contributed by atoms with Crippen LogP contribution >= 0.6 is 0 Å². The van der Waals surface area contributed by atoms with Gasteiger partial charge in [-0.3, -0.25) is 4.90 Å². The molecule has 0 saturated carbocycles. The van der Waals surface area contributed by atoms with E-state index in [1.165, 1.54) is 0 Å². The highest BCUT2D eigenvalue weighted by Gasteiger charge is 2.23. The molecule has 0 saturated heterocycles. The second-order valence-electron chi connectivity index (χ2n) is 3.44. The Labute approximate surface area is 76.6 Å². The van der Waals surface area contributed by atoms with E-state index in [0.29, 0.717) is 11.7 Å². The van der Waals surface area contributed by atoms with Gasteiger partial charge in [0.2, 0.25) is 0 Å². The van der Waals surface area contributed by atoms with E-state index in [0.717, 1.165) is 18.8 Å². The molecule has 0 N–H and O–H groups in total. The lowest BCUT2D eigenvalue weighted by Gasteiger charge is -2.29. The van der Waals surface area contributed by atoms with E-state index in [-0.39, 0.29) is 0 Å². The average Bonchev–Trinajstić information content (AvgIpc) is 2.48. The van der Waals surface area contributed by atoms with Gasteiger partial charge in [0.25, 0.3) is 0 Å². The van der Waals surface area contributed by atoms with Crippen LogP contribution in [0.4, 0.5) is 0 Å². The van der Waals surface area contributed by atoms with Crippen molar-refractivity contribution in [3.63, 3.8) is 0 Å². The Kier molecular flexibility index (Phi) is 1.78. The number of hydrogen-bond acceptors (Lipinski definition) is 4. The maximum Gasteiger partial charge on any atom is 0.187 e. The van der Waals surface area contributed by atoms with Gasteiger partial charge in [-0.1, -0.05) is 5.21 Å². The molecule has 2 heterocycles. The quantitative estimate of drug-likeness (QED) is 0.559. The Hall–Kier alpha value is -1.41. The Balaban J connectivity index is 2.40. The summed E-state index contributed by atoms with van der Waals surface area (Å²) in [5.41, 5.74) is 1.39. The molecule has 0 radical (unpaired) electrons. The smallest absolute Gasteiger partial charge is 0.187 e. The molecule has 1 atom stereocenters. The third-order valence-corrected chi connectivity index (χ3v) is 2.53. The summed E-state index contributed by atoms with van der Waals surface area (Å²) < 4.78 is 1.82. The van der Waals surface area contributed by atoms with Crippen LogP contribution in [0.2, 0.25) is 0 Å². The molecular weight excluding hydrogens is 166 g/mol. The zero-order chi connectivity index (χ0) is 9.42. The van der Waals surface area contributed by atoms with Crippen LogP contribution in [0.5, 0.6) is 0 Å². The number of likely N-dealkylation sites (N-methyl/N-ethyl adjacent to an activating group) is 1. The highest BCUT2D eigenvalue weighted by Crippen LogP contribution is 2.16. The van der Waals surface area contributed by atoms with Crippen molar-refractivity contribution in [2.75, 3.05) is 7.05 Å². The minimum atomic E-state index is 0.457. The molecule has 1 aliphatic rings. The fourth-order valence-corrected chi connectivity index (χ4v) is 1.50. The van der Waals surface area contributed by atoms with Crippen LogP contribution in [0.15, 0.2) is 0 Å². The minimum Gasteiger partial charge on any atom is -0.296 e. The van der Waals surface area contributed by atoms with Crippen LogP contribution in [0.25, 0.3) is 0 Å². The Bertz CT molecular complexity index is 361. The van der Waals surface area contributed by atoms with Gasteiger partial charge in [-0.25, -0.2) is 4.68 Å². The molecule has 0 amide bonds. The molecule has 0 fully saturated rings. The van der Waals surface area contributed by atoms with Crippen molar-refractivity contribution < 1.29 is 0 Å². The van der Waals surface area contributed by atoms with E-state index in [1.54, 1.807) is 0 Å². The van der Waals surface area contributed by atoms with E-state index < -0.39 is 0 Å². The number of rotatable bonds is 0. The summed E-state index contributed by atoms with van der Waals surface area (Å²) in [6.07, 6.45) is 0. The van der Waals surface area contributed by atoms with E-state index in [9.17, 15) is 0 Å². The molecule has 0 aliphatic carbocycles. The number of nitriles is 1. The Morgan fingerprint density at radius 3 is 3.08 bits per heavy atom. The molecule has 1 aliphatic heterocycles. The summed E-state index contributed by atoms with van der Waals surface area (Å²) in [5, 5.41) is 16.5. The van der Waals surface area contributed by atoms with Crippen molar-refractivity contribution in [3.8, 4) is 6.07 Å². The van der Waals surface area contributed by atoms with Crippen LogP contribution in [0, 0.1) is 11.3 Å². The van der Waals surface area contributed by atoms with Crippen molar-refractivity contribution in [1.82, 2.24) is 19.9 Å². The second-order valence-corrected chi connectivity index (χ2v) is 3.44. The molecule has 1 unspecified atom stereocenters. The first-order chi connectivity index (χ1) is 6.22. The molecule has 0 aromatic carbocycles. The first-order valence-corrected chi connectivity index (χ1v) is 4.25. The first kappa shape index (κ1) is 8.20. The lowest BCUT2D eigenvalue weighted by Crippen LogP contribution is -2.38. The van der Waals surface area contributed by atoms with Crippen molar-refractivity contribution in [3.05, 3.63) is 11.4 Å². The molecule has 68 valence electrons. The zero-order valence-corrected chi connectivity index (χ0v) is 7.73.